The maximum Gasteiger partial charge on any atom is 0.573 e. The number of alkyl halides is 6. The fraction of sp³-hybridized carbons (Fsp3) is 0.444. The van der Waals surface area contributed by atoms with Gasteiger partial charge in [0.05, 0.1) is 5.56 Å². The van der Waals surface area contributed by atoms with Gasteiger partial charge in [0.1, 0.15) is 5.75 Å². The number of carbonyl (C=O) groups is 1. The summed E-state index contributed by atoms with van der Waals surface area (Å²) in [5.74, 6) is -1.46. The van der Waals surface area contributed by atoms with Gasteiger partial charge >= 0.3 is 18.5 Å². The number of piperidine rings is 1. The average molecular weight is 530 g/mol. The number of allylic oxidation sites excluding steroid dienone is 1. The molecule has 1 aliphatic heterocycles. The number of hydrogen-bond donors (Lipinski definition) is 1. The van der Waals surface area contributed by atoms with E-state index in [-0.39, 0.29) is 30.2 Å². The van der Waals surface area contributed by atoms with Gasteiger partial charge in [-0.2, -0.15) is 13.2 Å². The largest absolute Gasteiger partial charge is 0.573 e. The van der Waals surface area contributed by atoms with Crippen molar-refractivity contribution >= 4 is 5.97 Å². The molecule has 2 aromatic carbocycles. The molecule has 0 aromatic heterocycles. The van der Waals surface area contributed by atoms with E-state index in [1.165, 1.54) is 24.3 Å². The lowest BCUT2D eigenvalue weighted by atomic mass is 9.82. The van der Waals surface area contributed by atoms with Gasteiger partial charge in [-0.1, -0.05) is 29.8 Å². The summed E-state index contributed by atoms with van der Waals surface area (Å²) < 4.78 is 81.3. The van der Waals surface area contributed by atoms with Crippen LogP contribution in [0.2, 0.25) is 0 Å². The Morgan fingerprint density at radius 3 is 2.22 bits per heavy atom. The summed E-state index contributed by atoms with van der Waals surface area (Å²) >= 11 is 0. The molecule has 10 heteroatoms. The Kier molecular flexibility index (Phi) is 8.94. The highest BCUT2D eigenvalue weighted by molar-refractivity contribution is 5.67. The first-order valence-electron chi connectivity index (χ1n) is 11.9. The number of likely N-dealkylation sites (tertiary alicyclic amines) is 1. The van der Waals surface area contributed by atoms with Crippen molar-refractivity contribution in [3.8, 4) is 5.75 Å². The minimum Gasteiger partial charge on any atom is -0.481 e. The molecule has 4 nitrogen and oxygen atoms in total. The molecule has 1 fully saturated rings. The van der Waals surface area contributed by atoms with Crippen LogP contribution >= 0.6 is 0 Å². The van der Waals surface area contributed by atoms with Crippen LogP contribution in [0, 0.1) is 5.92 Å². The van der Waals surface area contributed by atoms with Gasteiger partial charge in [-0.3, -0.25) is 9.69 Å². The SMILES string of the molecule is C=C(C)CCC(c1ccc(OC(F)(F)F)cc1)N1CCC(CC(=O)O)CC1c1ccc(C(F)(F)F)cc1. The van der Waals surface area contributed by atoms with Crippen LogP contribution in [0.1, 0.15) is 67.8 Å². The molecule has 0 saturated carbocycles. The third-order valence-corrected chi connectivity index (χ3v) is 6.58. The molecule has 1 saturated heterocycles. The van der Waals surface area contributed by atoms with Crippen molar-refractivity contribution in [3.63, 3.8) is 0 Å². The molecule has 3 atom stereocenters. The highest BCUT2D eigenvalue weighted by atomic mass is 19.4. The van der Waals surface area contributed by atoms with E-state index < -0.39 is 24.1 Å². The summed E-state index contributed by atoms with van der Waals surface area (Å²) in [5, 5.41) is 9.31. The first kappa shape index (κ1) is 28.6. The Balaban J connectivity index is 1.97. The van der Waals surface area contributed by atoms with Crippen molar-refractivity contribution in [3.05, 3.63) is 77.4 Å². The van der Waals surface area contributed by atoms with Gasteiger partial charge in [0, 0.05) is 18.5 Å². The van der Waals surface area contributed by atoms with Crippen LogP contribution in [0.5, 0.6) is 5.75 Å². The Morgan fingerprint density at radius 1 is 1.08 bits per heavy atom. The molecule has 0 amide bonds. The van der Waals surface area contributed by atoms with Crippen molar-refractivity contribution in [1.29, 1.82) is 0 Å². The van der Waals surface area contributed by atoms with Gasteiger partial charge in [0.15, 0.2) is 0 Å². The monoisotopic (exact) mass is 529 g/mol. The second-order valence-electron chi connectivity index (χ2n) is 9.49. The minimum atomic E-state index is -4.82. The Hall–Kier alpha value is -3.01. The second-order valence-corrected chi connectivity index (χ2v) is 9.49. The van der Waals surface area contributed by atoms with Crippen LogP contribution in [-0.2, 0) is 11.0 Å². The highest BCUT2D eigenvalue weighted by Gasteiger charge is 2.37. The van der Waals surface area contributed by atoms with Gasteiger partial charge < -0.3 is 9.84 Å². The lowest BCUT2D eigenvalue weighted by Crippen LogP contribution is -2.40. The lowest BCUT2D eigenvalue weighted by molar-refractivity contribution is -0.274. The standard InChI is InChI=1S/C27H29F6NO3/c1-17(2)3-12-23(19-6-10-22(11-7-19)37-27(31,32)33)34-14-13-18(16-25(35)36)15-24(34)20-4-8-21(9-5-20)26(28,29)30/h4-11,18,23-24H,1,3,12-16H2,2H3,(H,35,36). The lowest BCUT2D eigenvalue weighted by Gasteiger charge is -2.44. The van der Waals surface area contributed by atoms with E-state index in [0.717, 1.165) is 23.3 Å². The van der Waals surface area contributed by atoms with Gasteiger partial charge in [-0.15, -0.1) is 19.8 Å². The molecular weight excluding hydrogens is 500 g/mol. The first-order chi connectivity index (χ1) is 17.2. The van der Waals surface area contributed by atoms with Crippen LogP contribution in [0.3, 0.4) is 0 Å². The summed E-state index contributed by atoms with van der Waals surface area (Å²) in [7, 11) is 0. The summed E-state index contributed by atoms with van der Waals surface area (Å²) in [5.41, 5.74) is 1.48. The van der Waals surface area contributed by atoms with Gasteiger partial charge in [0.2, 0.25) is 0 Å². The predicted octanol–water partition coefficient (Wildman–Crippen LogP) is 7.93. The molecule has 0 aliphatic carbocycles. The van der Waals surface area contributed by atoms with E-state index in [2.05, 4.69) is 16.2 Å². The summed E-state index contributed by atoms with van der Waals surface area (Å²) in [6.45, 7) is 6.28. The van der Waals surface area contributed by atoms with Crippen LogP contribution in [0.15, 0.2) is 60.7 Å². The zero-order valence-corrected chi connectivity index (χ0v) is 20.3. The maximum absolute atomic E-state index is 13.1. The topological polar surface area (TPSA) is 49.8 Å². The summed E-state index contributed by atoms with van der Waals surface area (Å²) in [4.78, 5) is 13.5. The van der Waals surface area contributed by atoms with Crippen molar-refractivity contribution in [1.82, 2.24) is 4.90 Å². The van der Waals surface area contributed by atoms with Crippen LogP contribution in [0.25, 0.3) is 0 Å². The number of nitrogens with zero attached hydrogens (tertiary/aromatic N) is 1. The number of carboxylic acid groups (broad SMARTS) is 1. The van der Waals surface area contributed by atoms with E-state index in [9.17, 15) is 36.2 Å². The van der Waals surface area contributed by atoms with Crippen LogP contribution in [0.4, 0.5) is 26.3 Å². The fourth-order valence-electron chi connectivity index (χ4n) is 4.88. The normalized spacial score (nSPS) is 19.9. The molecule has 3 unspecified atom stereocenters. The van der Waals surface area contributed by atoms with Crippen molar-refractivity contribution in [2.75, 3.05) is 6.54 Å². The highest BCUT2D eigenvalue weighted by Crippen LogP contribution is 2.43. The van der Waals surface area contributed by atoms with Crippen molar-refractivity contribution in [2.24, 2.45) is 5.92 Å². The number of halogens is 6. The minimum absolute atomic E-state index is 0.0507. The van der Waals surface area contributed by atoms with Crippen molar-refractivity contribution in [2.45, 2.75) is 63.7 Å². The molecule has 1 aliphatic rings. The number of hydrogen-bond acceptors (Lipinski definition) is 3. The number of benzene rings is 2. The summed E-state index contributed by atoms with van der Waals surface area (Å²) in [6.07, 6.45) is -7.15. The average Bonchev–Trinajstić information content (AvgIpc) is 2.79. The Labute approximate surface area is 211 Å². The quantitative estimate of drug-likeness (QED) is 0.265. The molecule has 1 N–H and O–H groups in total. The number of ether oxygens (including phenoxy) is 1. The van der Waals surface area contributed by atoms with Gasteiger partial charge in [-0.05, 0) is 80.5 Å². The maximum atomic E-state index is 13.1. The fourth-order valence-corrected chi connectivity index (χ4v) is 4.88. The third-order valence-electron chi connectivity index (χ3n) is 6.58. The molecule has 1 heterocycles. The first-order valence-corrected chi connectivity index (χ1v) is 11.9. The molecule has 202 valence electrons. The van der Waals surface area contributed by atoms with E-state index in [1.54, 1.807) is 12.1 Å². The van der Waals surface area contributed by atoms with E-state index in [0.29, 0.717) is 37.8 Å². The molecule has 3 rings (SSSR count). The van der Waals surface area contributed by atoms with E-state index >= 15 is 0 Å². The predicted molar refractivity (Wildman–Crippen MR) is 126 cm³/mol. The zero-order chi connectivity index (χ0) is 27.4. The van der Waals surface area contributed by atoms with Gasteiger partial charge in [-0.25, -0.2) is 0 Å². The molecular formula is C27H29F6NO3. The van der Waals surface area contributed by atoms with Crippen LogP contribution in [-0.4, -0.2) is 28.9 Å². The van der Waals surface area contributed by atoms with Crippen molar-refractivity contribution < 1.29 is 41.0 Å². The third kappa shape index (κ3) is 8.24. The zero-order valence-electron chi connectivity index (χ0n) is 20.3. The molecule has 0 radical (unpaired) electrons. The number of rotatable bonds is 9. The number of aliphatic carboxylic acids is 1. The molecule has 0 bridgehead atoms. The van der Waals surface area contributed by atoms with Crippen LogP contribution < -0.4 is 4.74 Å². The summed E-state index contributed by atoms with van der Waals surface area (Å²) in [6, 6.07) is 9.79. The van der Waals surface area contributed by atoms with E-state index in [1.807, 2.05) is 6.92 Å². The second kappa shape index (κ2) is 11.6. The number of carboxylic acids is 1. The smallest absolute Gasteiger partial charge is 0.481 e. The molecule has 0 spiro atoms. The van der Waals surface area contributed by atoms with Gasteiger partial charge in [0.25, 0.3) is 0 Å². The Bertz CT molecular complexity index is 1060. The molecule has 37 heavy (non-hydrogen) atoms. The molecule has 2 aromatic rings. The van der Waals surface area contributed by atoms with E-state index in [4.69, 9.17) is 0 Å². The Morgan fingerprint density at radius 2 is 1.70 bits per heavy atom.